The molecular formula is C24H41BrN2O. The van der Waals surface area contributed by atoms with E-state index in [0.717, 1.165) is 18.6 Å². The maximum atomic E-state index is 12.1. The van der Waals surface area contributed by atoms with Crippen LogP contribution in [0.5, 0.6) is 0 Å². The number of carbonyl (C=O) groups is 1. The Bertz CT molecular complexity index is 487. The lowest BCUT2D eigenvalue weighted by Crippen LogP contribution is -2.24. The number of amides is 1. The van der Waals surface area contributed by atoms with Gasteiger partial charge in [0.05, 0.1) is 5.71 Å². The number of rotatable bonds is 18. The first kappa shape index (κ1) is 25.1. The number of hydrazone groups is 1. The summed E-state index contributed by atoms with van der Waals surface area (Å²) in [6, 6.07) is 0. The van der Waals surface area contributed by atoms with Gasteiger partial charge in [0.2, 0.25) is 0 Å². The highest BCUT2D eigenvalue weighted by molar-refractivity contribution is 9.10. The van der Waals surface area contributed by atoms with Crippen LogP contribution in [0.2, 0.25) is 0 Å². The van der Waals surface area contributed by atoms with Gasteiger partial charge in [-0.3, -0.25) is 4.79 Å². The SMILES string of the molecule is C=C/C=C/N1N=C(CCCCCCCCCCCCCCCCC)C(Br)C1=O. The van der Waals surface area contributed by atoms with E-state index in [2.05, 4.69) is 34.5 Å². The van der Waals surface area contributed by atoms with Gasteiger partial charge < -0.3 is 0 Å². The second-order valence-electron chi connectivity index (χ2n) is 7.91. The zero-order valence-electron chi connectivity index (χ0n) is 18.0. The van der Waals surface area contributed by atoms with Crippen LogP contribution in [-0.4, -0.2) is 21.5 Å². The molecule has 28 heavy (non-hydrogen) atoms. The number of unbranched alkanes of at least 4 members (excludes halogenated alkanes) is 14. The van der Waals surface area contributed by atoms with Gasteiger partial charge in [-0.15, -0.1) is 0 Å². The van der Waals surface area contributed by atoms with Gasteiger partial charge in [0.1, 0.15) is 4.83 Å². The standard InChI is InChI=1S/C24H41BrN2O/c1-3-5-7-8-9-10-11-12-13-14-15-16-17-18-19-20-22-23(25)24(28)27(26-22)21-6-4-2/h4,6,21,23H,2-3,5,7-20H2,1H3/b21-6+. The molecule has 0 fully saturated rings. The van der Waals surface area contributed by atoms with Crippen molar-refractivity contribution in [2.45, 2.75) is 114 Å². The normalized spacial score (nSPS) is 16.9. The number of alkyl halides is 1. The third-order valence-corrected chi connectivity index (χ3v) is 6.29. The minimum absolute atomic E-state index is 0.00550. The first-order valence-electron chi connectivity index (χ1n) is 11.5. The summed E-state index contributed by atoms with van der Waals surface area (Å²) >= 11 is 3.47. The Hall–Kier alpha value is -0.900. The van der Waals surface area contributed by atoms with E-state index >= 15 is 0 Å². The van der Waals surface area contributed by atoms with Crippen molar-refractivity contribution in [3.05, 3.63) is 24.9 Å². The van der Waals surface area contributed by atoms with Crippen molar-refractivity contribution in [2.24, 2.45) is 5.10 Å². The fourth-order valence-electron chi connectivity index (χ4n) is 3.60. The largest absolute Gasteiger partial charge is 0.271 e. The van der Waals surface area contributed by atoms with Gasteiger partial charge in [0.25, 0.3) is 5.91 Å². The van der Waals surface area contributed by atoms with Gasteiger partial charge in [0.15, 0.2) is 0 Å². The summed E-state index contributed by atoms with van der Waals surface area (Å²) in [4.78, 5) is 11.8. The average Bonchev–Trinajstić information content (AvgIpc) is 2.97. The Morgan fingerprint density at radius 3 is 1.82 bits per heavy atom. The second kappa shape index (κ2) is 17.0. The van der Waals surface area contributed by atoms with Crippen LogP contribution < -0.4 is 0 Å². The fraction of sp³-hybridized carbons (Fsp3) is 0.750. The summed E-state index contributed by atoms with van der Waals surface area (Å²) in [5.41, 5.74) is 0.952. The monoisotopic (exact) mass is 452 g/mol. The molecule has 0 aliphatic carbocycles. The molecule has 1 amide bonds. The molecule has 0 bridgehead atoms. The van der Waals surface area contributed by atoms with E-state index in [1.807, 2.05) is 0 Å². The molecule has 1 aliphatic heterocycles. The van der Waals surface area contributed by atoms with Crippen molar-refractivity contribution in [3.8, 4) is 0 Å². The number of nitrogens with zero attached hydrogens (tertiary/aromatic N) is 2. The van der Waals surface area contributed by atoms with Crippen molar-refractivity contribution in [2.75, 3.05) is 0 Å². The van der Waals surface area contributed by atoms with Crippen LogP contribution in [0.4, 0.5) is 0 Å². The zero-order chi connectivity index (χ0) is 20.5. The third kappa shape index (κ3) is 11.2. The molecule has 0 aromatic carbocycles. The van der Waals surface area contributed by atoms with Gasteiger partial charge in [-0.05, 0) is 18.9 Å². The highest BCUT2D eigenvalue weighted by Gasteiger charge is 2.31. The number of allylic oxidation sites excluding steroid dienone is 2. The van der Waals surface area contributed by atoms with Gasteiger partial charge in [-0.25, -0.2) is 5.01 Å². The molecule has 0 spiro atoms. The Morgan fingerprint density at radius 1 is 0.893 bits per heavy atom. The first-order chi connectivity index (χ1) is 13.7. The van der Waals surface area contributed by atoms with Crippen molar-refractivity contribution in [3.63, 3.8) is 0 Å². The topological polar surface area (TPSA) is 32.7 Å². The Balaban J connectivity index is 1.92. The Kier molecular flexibility index (Phi) is 15.3. The van der Waals surface area contributed by atoms with Crippen LogP contribution in [0, 0.1) is 0 Å². The third-order valence-electron chi connectivity index (χ3n) is 5.37. The molecule has 1 atom stereocenters. The number of hydrogen-bond donors (Lipinski definition) is 0. The van der Waals surface area contributed by atoms with Crippen molar-refractivity contribution >= 4 is 27.5 Å². The molecule has 1 aliphatic rings. The smallest absolute Gasteiger partial charge is 0.266 e. The number of carbonyl (C=O) groups excluding carboxylic acids is 1. The molecule has 1 heterocycles. The molecule has 4 heteroatoms. The quantitative estimate of drug-likeness (QED) is 0.118. The van der Waals surface area contributed by atoms with E-state index in [1.54, 1.807) is 18.4 Å². The lowest BCUT2D eigenvalue weighted by Gasteiger charge is -2.05. The maximum Gasteiger partial charge on any atom is 0.266 e. The van der Waals surface area contributed by atoms with E-state index in [1.165, 1.54) is 94.9 Å². The minimum Gasteiger partial charge on any atom is -0.271 e. The van der Waals surface area contributed by atoms with Crippen LogP contribution in [0.1, 0.15) is 110 Å². The van der Waals surface area contributed by atoms with Crippen LogP contribution in [-0.2, 0) is 4.79 Å². The highest BCUT2D eigenvalue weighted by atomic mass is 79.9. The highest BCUT2D eigenvalue weighted by Crippen LogP contribution is 2.21. The Morgan fingerprint density at radius 2 is 1.36 bits per heavy atom. The van der Waals surface area contributed by atoms with Crippen molar-refractivity contribution in [1.82, 2.24) is 5.01 Å². The van der Waals surface area contributed by atoms with Crippen LogP contribution >= 0.6 is 15.9 Å². The molecule has 0 N–H and O–H groups in total. The zero-order valence-corrected chi connectivity index (χ0v) is 19.6. The van der Waals surface area contributed by atoms with Gasteiger partial charge in [-0.1, -0.05) is 125 Å². The van der Waals surface area contributed by atoms with Crippen LogP contribution in [0.3, 0.4) is 0 Å². The summed E-state index contributed by atoms with van der Waals surface area (Å²) < 4.78 is 0. The molecule has 3 nitrogen and oxygen atoms in total. The second-order valence-corrected chi connectivity index (χ2v) is 8.83. The molecule has 0 aromatic rings. The van der Waals surface area contributed by atoms with E-state index in [-0.39, 0.29) is 10.7 Å². The van der Waals surface area contributed by atoms with E-state index in [0.29, 0.717) is 0 Å². The summed E-state index contributed by atoms with van der Waals surface area (Å²) in [6.07, 6.45) is 26.5. The molecule has 0 saturated carbocycles. The van der Waals surface area contributed by atoms with Crippen molar-refractivity contribution < 1.29 is 4.79 Å². The lowest BCUT2D eigenvalue weighted by atomic mass is 10.0. The van der Waals surface area contributed by atoms with Gasteiger partial charge in [0, 0.05) is 6.20 Å². The molecule has 1 rings (SSSR count). The molecular weight excluding hydrogens is 412 g/mol. The predicted molar refractivity (Wildman–Crippen MR) is 126 cm³/mol. The van der Waals surface area contributed by atoms with Crippen molar-refractivity contribution in [1.29, 1.82) is 0 Å². The molecule has 0 aromatic heterocycles. The maximum absolute atomic E-state index is 12.1. The number of hydrogen-bond acceptors (Lipinski definition) is 2. The van der Waals surface area contributed by atoms with E-state index in [9.17, 15) is 4.79 Å². The number of halogens is 1. The first-order valence-corrected chi connectivity index (χ1v) is 12.5. The van der Waals surface area contributed by atoms with Gasteiger partial charge in [-0.2, -0.15) is 5.10 Å². The molecule has 0 radical (unpaired) electrons. The van der Waals surface area contributed by atoms with Crippen LogP contribution in [0.15, 0.2) is 30.0 Å². The average molecular weight is 454 g/mol. The summed E-state index contributed by atoms with van der Waals surface area (Å²) in [7, 11) is 0. The van der Waals surface area contributed by atoms with Gasteiger partial charge >= 0.3 is 0 Å². The molecule has 0 saturated heterocycles. The fourth-order valence-corrected chi connectivity index (χ4v) is 4.13. The van der Waals surface area contributed by atoms with E-state index in [4.69, 9.17) is 0 Å². The molecule has 160 valence electrons. The summed E-state index contributed by atoms with van der Waals surface area (Å²) in [5, 5.41) is 5.83. The van der Waals surface area contributed by atoms with Crippen LogP contribution in [0.25, 0.3) is 0 Å². The summed E-state index contributed by atoms with van der Waals surface area (Å²) in [5.74, 6) is -0.00550. The summed E-state index contributed by atoms with van der Waals surface area (Å²) in [6.45, 7) is 5.90. The molecule has 1 unspecified atom stereocenters. The lowest BCUT2D eigenvalue weighted by molar-refractivity contribution is -0.125. The Labute approximate surface area is 181 Å². The predicted octanol–water partition coefficient (Wildman–Crippen LogP) is 7.91. The minimum atomic E-state index is -0.256. The van der Waals surface area contributed by atoms with E-state index < -0.39 is 0 Å².